The first-order valence-corrected chi connectivity index (χ1v) is 9.54. The van der Waals surface area contributed by atoms with Crippen LogP contribution in [0.25, 0.3) is 0 Å². The molecule has 0 radical (unpaired) electrons. The number of amides is 1. The molecule has 0 saturated carbocycles. The first-order valence-electron chi connectivity index (χ1n) is 8.72. The van der Waals surface area contributed by atoms with Crippen LogP contribution < -0.4 is 5.32 Å². The van der Waals surface area contributed by atoms with Crippen LogP contribution in [0.5, 0.6) is 0 Å². The number of ether oxygens (including phenoxy) is 1. The van der Waals surface area contributed by atoms with Gasteiger partial charge in [0.25, 0.3) is 5.91 Å². The number of rotatable bonds is 6. The van der Waals surface area contributed by atoms with Crippen molar-refractivity contribution in [3.05, 3.63) is 83.6 Å². The third kappa shape index (κ3) is 5.43. The maximum absolute atomic E-state index is 12.5. The van der Waals surface area contributed by atoms with Gasteiger partial charge >= 0.3 is 5.97 Å². The molecule has 0 aliphatic heterocycles. The largest absolute Gasteiger partial charge is 0.452 e. The van der Waals surface area contributed by atoms with Crippen LogP contribution in [0.15, 0.2) is 76.8 Å². The van der Waals surface area contributed by atoms with Gasteiger partial charge in [-0.1, -0.05) is 41.6 Å². The smallest absolute Gasteiger partial charge is 0.341 e. The second kappa shape index (κ2) is 9.53. The van der Waals surface area contributed by atoms with Gasteiger partial charge in [0, 0.05) is 11.1 Å². The molecule has 29 heavy (non-hydrogen) atoms. The van der Waals surface area contributed by atoms with E-state index in [1.807, 2.05) is 37.3 Å². The Bertz CT molecular complexity index is 1080. The lowest BCUT2D eigenvalue weighted by Crippen LogP contribution is -2.21. The van der Waals surface area contributed by atoms with E-state index in [-0.39, 0.29) is 5.56 Å². The van der Waals surface area contributed by atoms with Gasteiger partial charge in [0.2, 0.25) is 0 Å². The van der Waals surface area contributed by atoms with Crippen LogP contribution in [-0.4, -0.2) is 23.5 Å². The highest BCUT2D eigenvalue weighted by Crippen LogP contribution is 2.29. The number of nitrogens with zero attached hydrogens (tertiary/aromatic N) is 2. The zero-order valence-corrected chi connectivity index (χ0v) is 16.4. The Kier molecular flexibility index (Phi) is 6.61. The molecule has 0 atom stereocenters. The topological polar surface area (TPSA) is 92.1 Å². The Morgan fingerprint density at radius 1 is 1.10 bits per heavy atom. The number of nitrogens with one attached hydrogen (secondary N) is 1. The maximum Gasteiger partial charge on any atom is 0.341 e. The number of hydrogen-bond acceptors (Lipinski definition) is 6. The second-order valence-corrected chi connectivity index (χ2v) is 7.12. The molecule has 1 amide bonds. The number of carbonyl (C=O) groups is 2. The van der Waals surface area contributed by atoms with Crippen LogP contribution in [0.2, 0.25) is 0 Å². The Morgan fingerprint density at radius 2 is 1.86 bits per heavy atom. The summed E-state index contributed by atoms with van der Waals surface area (Å²) in [7, 11) is 0. The van der Waals surface area contributed by atoms with Crippen LogP contribution in [-0.2, 0) is 9.53 Å². The molecule has 3 aromatic rings. The van der Waals surface area contributed by atoms with Crippen molar-refractivity contribution in [2.24, 2.45) is 0 Å². The number of esters is 1. The van der Waals surface area contributed by atoms with E-state index < -0.39 is 18.5 Å². The van der Waals surface area contributed by atoms with Crippen LogP contribution >= 0.6 is 11.8 Å². The van der Waals surface area contributed by atoms with Gasteiger partial charge < -0.3 is 10.1 Å². The molecule has 0 bridgehead atoms. The summed E-state index contributed by atoms with van der Waals surface area (Å²) in [6, 6.07) is 19.7. The van der Waals surface area contributed by atoms with E-state index in [9.17, 15) is 9.59 Å². The highest BCUT2D eigenvalue weighted by atomic mass is 32.2. The molecule has 0 saturated heterocycles. The fourth-order valence-corrected chi connectivity index (χ4v) is 3.30. The van der Waals surface area contributed by atoms with Crippen molar-refractivity contribution in [1.82, 2.24) is 4.98 Å². The molecule has 1 aromatic heterocycles. The number of carbonyl (C=O) groups excluding carboxylic acids is 2. The number of aromatic nitrogens is 1. The highest BCUT2D eigenvalue weighted by molar-refractivity contribution is 7.99. The Balaban J connectivity index is 1.64. The van der Waals surface area contributed by atoms with Gasteiger partial charge in [0.05, 0.1) is 16.8 Å². The molecule has 0 fully saturated rings. The van der Waals surface area contributed by atoms with Gasteiger partial charge in [0.1, 0.15) is 11.1 Å². The summed E-state index contributed by atoms with van der Waals surface area (Å²) < 4.78 is 5.15. The predicted octanol–water partition coefficient (Wildman–Crippen LogP) is 4.21. The molecule has 0 aliphatic rings. The van der Waals surface area contributed by atoms with Crippen molar-refractivity contribution in [3.63, 3.8) is 0 Å². The van der Waals surface area contributed by atoms with Crippen molar-refractivity contribution in [2.75, 3.05) is 11.9 Å². The normalized spacial score (nSPS) is 10.1. The van der Waals surface area contributed by atoms with Gasteiger partial charge in [-0.25, -0.2) is 9.78 Å². The fraction of sp³-hybridized carbons (Fsp3) is 0.0909. The first-order chi connectivity index (χ1) is 14.1. The summed E-state index contributed by atoms with van der Waals surface area (Å²) >= 11 is 1.34. The lowest BCUT2D eigenvalue weighted by molar-refractivity contribution is -0.119. The van der Waals surface area contributed by atoms with Crippen molar-refractivity contribution >= 4 is 29.3 Å². The molecule has 2 aromatic carbocycles. The molecule has 3 rings (SSSR count). The number of benzene rings is 2. The van der Waals surface area contributed by atoms with E-state index in [1.54, 1.807) is 42.6 Å². The SMILES string of the molecule is Cc1ccc(Sc2ncccc2C(=O)OCC(=O)Nc2ccccc2C#N)cc1. The Labute approximate surface area is 172 Å². The number of para-hydroxylation sites is 1. The van der Waals surface area contributed by atoms with Crippen molar-refractivity contribution < 1.29 is 14.3 Å². The van der Waals surface area contributed by atoms with Gasteiger partial charge in [-0.05, 0) is 43.3 Å². The van der Waals surface area contributed by atoms with Gasteiger partial charge in [-0.3, -0.25) is 4.79 Å². The number of nitriles is 1. The number of hydrogen-bond donors (Lipinski definition) is 1. The molecule has 1 heterocycles. The highest BCUT2D eigenvalue weighted by Gasteiger charge is 2.17. The zero-order valence-electron chi connectivity index (χ0n) is 15.6. The minimum Gasteiger partial charge on any atom is -0.452 e. The summed E-state index contributed by atoms with van der Waals surface area (Å²) in [5.41, 5.74) is 2.12. The standard InChI is InChI=1S/C22H17N3O3S/c1-15-8-10-17(11-9-15)29-21-18(6-4-12-24-21)22(27)28-14-20(26)25-19-7-3-2-5-16(19)13-23/h2-12H,14H2,1H3,(H,25,26). The first kappa shape index (κ1) is 20.1. The van der Waals surface area contributed by atoms with Crippen molar-refractivity contribution in [1.29, 1.82) is 5.26 Å². The molecule has 6 nitrogen and oxygen atoms in total. The van der Waals surface area contributed by atoms with Crippen LogP contribution in [0.1, 0.15) is 21.5 Å². The quantitative estimate of drug-likeness (QED) is 0.620. The molecule has 1 N–H and O–H groups in total. The molecule has 144 valence electrons. The van der Waals surface area contributed by atoms with E-state index in [2.05, 4.69) is 10.3 Å². The van der Waals surface area contributed by atoms with Crippen molar-refractivity contribution in [2.45, 2.75) is 16.8 Å². The third-order valence-corrected chi connectivity index (χ3v) is 4.91. The summed E-state index contributed by atoms with van der Waals surface area (Å²) in [5, 5.41) is 12.1. The average Bonchev–Trinajstić information content (AvgIpc) is 2.74. The summed E-state index contributed by atoms with van der Waals surface area (Å²) in [6.07, 6.45) is 1.60. The van der Waals surface area contributed by atoms with Gasteiger partial charge in [-0.15, -0.1) is 0 Å². The van der Waals surface area contributed by atoms with E-state index in [0.717, 1.165) is 10.5 Å². The Morgan fingerprint density at radius 3 is 2.62 bits per heavy atom. The third-order valence-electron chi connectivity index (χ3n) is 3.88. The lowest BCUT2D eigenvalue weighted by Gasteiger charge is -2.10. The number of pyridine rings is 1. The average molecular weight is 403 g/mol. The van der Waals surface area contributed by atoms with E-state index >= 15 is 0 Å². The fourth-order valence-electron chi connectivity index (χ4n) is 2.43. The van der Waals surface area contributed by atoms with Crippen LogP contribution in [0.4, 0.5) is 5.69 Å². The summed E-state index contributed by atoms with van der Waals surface area (Å²) in [6.45, 7) is 1.53. The molecule has 0 spiro atoms. The monoisotopic (exact) mass is 403 g/mol. The minimum absolute atomic E-state index is 0.281. The molecule has 7 heteroatoms. The number of aryl methyl sites for hydroxylation is 1. The van der Waals surface area contributed by atoms with E-state index in [0.29, 0.717) is 16.3 Å². The summed E-state index contributed by atoms with van der Waals surface area (Å²) in [5.74, 6) is -1.17. The molecular weight excluding hydrogens is 386 g/mol. The summed E-state index contributed by atoms with van der Waals surface area (Å²) in [4.78, 5) is 29.8. The van der Waals surface area contributed by atoms with Crippen molar-refractivity contribution in [3.8, 4) is 6.07 Å². The van der Waals surface area contributed by atoms with Gasteiger partial charge in [0.15, 0.2) is 6.61 Å². The predicted molar refractivity (Wildman–Crippen MR) is 110 cm³/mol. The second-order valence-electron chi connectivity index (χ2n) is 6.05. The molecular formula is C22H17N3O3S. The minimum atomic E-state index is -0.642. The molecule has 0 unspecified atom stereocenters. The zero-order chi connectivity index (χ0) is 20.6. The lowest BCUT2D eigenvalue weighted by atomic mass is 10.2. The van der Waals surface area contributed by atoms with Crippen LogP contribution in [0, 0.1) is 18.3 Å². The van der Waals surface area contributed by atoms with E-state index in [4.69, 9.17) is 10.00 Å². The van der Waals surface area contributed by atoms with Crippen LogP contribution in [0.3, 0.4) is 0 Å². The Hall–Kier alpha value is -3.63. The van der Waals surface area contributed by atoms with Gasteiger partial charge in [-0.2, -0.15) is 5.26 Å². The number of anilines is 1. The maximum atomic E-state index is 12.5. The van der Waals surface area contributed by atoms with E-state index in [1.165, 1.54) is 11.8 Å². The molecule has 0 aliphatic carbocycles.